The topological polar surface area (TPSA) is 43.1 Å². The highest BCUT2D eigenvalue weighted by atomic mass is 16.4. The number of hydrogen-bond donors (Lipinski definition) is 0. The molecule has 3 aromatic rings. The van der Waals surface area contributed by atoms with Gasteiger partial charge in [-0.1, -0.05) is 18.2 Å². The van der Waals surface area contributed by atoms with E-state index in [2.05, 4.69) is 4.98 Å². The number of para-hydroxylation sites is 1. The average Bonchev–Trinajstić information content (AvgIpc) is 2.70. The standard InChI is InChI=1S/C14H11NO2/c1-8-4-3-5-10-6-11-7-12(9(2)16)17-14(11)15-13(8)10/h3-7H,1-2H3. The maximum atomic E-state index is 11.3. The quantitative estimate of drug-likeness (QED) is 0.595. The summed E-state index contributed by atoms with van der Waals surface area (Å²) in [6.45, 7) is 3.50. The normalized spacial score (nSPS) is 11.2. The van der Waals surface area contributed by atoms with Crippen molar-refractivity contribution in [3.05, 3.63) is 41.7 Å². The van der Waals surface area contributed by atoms with Gasteiger partial charge in [-0.2, -0.15) is 0 Å². The zero-order chi connectivity index (χ0) is 12.0. The molecule has 0 amide bonds. The molecule has 0 N–H and O–H groups in total. The highest BCUT2D eigenvalue weighted by Gasteiger charge is 2.10. The van der Waals surface area contributed by atoms with Crippen LogP contribution in [0.25, 0.3) is 22.0 Å². The summed E-state index contributed by atoms with van der Waals surface area (Å²) in [5.74, 6) is 0.282. The number of aryl methyl sites for hydroxylation is 1. The van der Waals surface area contributed by atoms with Crippen LogP contribution >= 0.6 is 0 Å². The number of carbonyl (C=O) groups excluding carboxylic acids is 1. The van der Waals surface area contributed by atoms with E-state index in [1.807, 2.05) is 31.2 Å². The fourth-order valence-electron chi connectivity index (χ4n) is 1.98. The van der Waals surface area contributed by atoms with Crippen LogP contribution in [0.5, 0.6) is 0 Å². The zero-order valence-electron chi connectivity index (χ0n) is 9.65. The van der Waals surface area contributed by atoms with Crippen molar-refractivity contribution >= 4 is 27.8 Å². The number of nitrogens with zero attached hydrogens (tertiary/aromatic N) is 1. The molecule has 0 atom stereocenters. The Labute approximate surface area is 98.1 Å². The lowest BCUT2D eigenvalue weighted by atomic mass is 10.1. The third kappa shape index (κ3) is 1.51. The zero-order valence-corrected chi connectivity index (χ0v) is 9.65. The first-order chi connectivity index (χ1) is 8.15. The first-order valence-corrected chi connectivity index (χ1v) is 5.46. The van der Waals surface area contributed by atoms with Gasteiger partial charge >= 0.3 is 0 Å². The molecule has 0 saturated carbocycles. The Morgan fingerprint density at radius 3 is 2.82 bits per heavy atom. The molecule has 0 aliphatic heterocycles. The van der Waals surface area contributed by atoms with Crippen LogP contribution in [0, 0.1) is 6.92 Å². The molecule has 3 rings (SSSR count). The van der Waals surface area contributed by atoms with Crippen molar-refractivity contribution < 1.29 is 9.21 Å². The third-order valence-electron chi connectivity index (χ3n) is 2.88. The minimum absolute atomic E-state index is 0.0798. The van der Waals surface area contributed by atoms with Crippen molar-refractivity contribution in [2.45, 2.75) is 13.8 Å². The van der Waals surface area contributed by atoms with Gasteiger partial charge in [0.2, 0.25) is 5.71 Å². The van der Waals surface area contributed by atoms with Crippen LogP contribution < -0.4 is 0 Å². The van der Waals surface area contributed by atoms with Gasteiger partial charge in [0.15, 0.2) is 11.5 Å². The Balaban J connectivity index is 2.40. The van der Waals surface area contributed by atoms with Crippen molar-refractivity contribution in [1.29, 1.82) is 0 Å². The second-order valence-corrected chi connectivity index (χ2v) is 4.20. The molecule has 17 heavy (non-hydrogen) atoms. The smallest absolute Gasteiger partial charge is 0.227 e. The number of aromatic nitrogens is 1. The van der Waals surface area contributed by atoms with E-state index in [9.17, 15) is 4.79 Å². The van der Waals surface area contributed by atoms with Gasteiger partial charge in [0.05, 0.1) is 5.52 Å². The molecular weight excluding hydrogens is 214 g/mol. The average molecular weight is 225 g/mol. The number of hydrogen-bond acceptors (Lipinski definition) is 3. The van der Waals surface area contributed by atoms with E-state index in [0.717, 1.165) is 21.9 Å². The number of ketones is 1. The van der Waals surface area contributed by atoms with E-state index < -0.39 is 0 Å². The van der Waals surface area contributed by atoms with Gasteiger partial charge in [0, 0.05) is 17.7 Å². The second kappa shape index (κ2) is 3.42. The highest BCUT2D eigenvalue weighted by Crippen LogP contribution is 2.24. The molecule has 0 unspecified atom stereocenters. The van der Waals surface area contributed by atoms with E-state index in [0.29, 0.717) is 11.5 Å². The van der Waals surface area contributed by atoms with Gasteiger partial charge in [0.25, 0.3) is 0 Å². The molecule has 3 heteroatoms. The number of benzene rings is 1. The number of fused-ring (bicyclic) bond motifs is 2. The molecule has 1 aromatic carbocycles. The van der Waals surface area contributed by atoms with E-state index in [4.69, 9.17) is 4.42 Å². The summed E-state index contributed by atoms with van der Waals surface area (Å²) in [4.78, 5) is 15.7. The Hall–Kier alpha value is -2.16. The fraction of sp³-hybridized carbons (Fsp3) is 0.143. The second-order valence-electron chi connectivity index (χ2n) is 4.20. The minimum Gasteiger partial charge on any atom is -0.435 e. The summed E-state index contributed by atoms with van der Waals surface area (Å²) in [5, 5.41) is 1.93. The first kappa shape index (κ1) is 10.0. The molecule has 2 aromatic heterocycles. The van der Waals surface area contributed by atoms with Crippen molar-refractivity contribution in [2.24, 2.45) is 0 Å². The Morgan fingerprint density at radius 1 is 1.24 bits per heavy atom. The molecule has 2 heterocycles. The maximum Gasteiger partial charge on any atom is 0.227 e. The van der Waals surface area contributed by atoms with Crippen LogP contribution in [0.15, 0.2) is 34.7 Å². The van der Waals surface area contributed by atoms with Gasteiger partial charge in [-0.25, -0.2) is 4.98 Å². The Morgan fingerprint density at radius 2 is 2.06 bits per heavy atom. The first-order valence-electron chi connectivity index (χ1n) is 5.46. The van der Waals surface area contributed by atoms with Crippen molar-refractivity contribution in [3.8, 4) is 0 Å². The highest BCUT2D eigenvalue weighted by molar-refractivity contribution is 5.98. The monoisotopic (exact) mass is 225 g/mol. The van der Waals surface area contributed by atoms with Crippen LogP contribution in [-0.2, 0) is 0 Å². The fourth-order valence-corrected chi connectivity index (χ4v) is 1.98. The largest absolute Gasteiger partial charge is 0.435 e. The summed E-state index contributed by atoms with van der Waals surface area (Å²) in [7, 11) is 0. The van der Waals surface area contributed by atoms with Crippen LogP contribution in [0.1, 0.15) is 23.0 Å². The van der Waals surface area contributed by atoms with Gasteiger partial charge in [-0.15, -0.1) is 0 Å². The van der Waals surface area contributed by atoms with Crippen molar-refractivity contribution in [2.75, 3.05) is 0 Å². The Bertz CT molecular complexity index is 740. The Kier molecular flexibility index (Phi) is 2.01. The van der Waals surface area contributed by atoms with E-state index in [1.54, 1.807) is 6.07 Å². The number of pyridine rings is 1. The van der Waals surface area contributed by atoms with Crippen LogP contribution in [-0.4, -0.2) is 10.8 Å². The van der Waals surface area contributed by atoms with E-state index in [-0.39, 0.29) is 5.78 Å². The third-order valence-corrected chi connectivity index (χ3v) is 2.88. The summed E-state index contributed by atoms with van der Waals surface area (Å²) in [6.07, 6.45) is 0. The number of rotatable bonds is 1. The number of carbonyl (C=O) groups is 1. The maximum absolute atomic E-state index is 11.3. The molecule has 0 aliphatic carbocycles. The molecule has 0 saturated heterocycles. The molecule has 0 aliphatic rings. The lowest BCUT2D eigenvalue weighted by molar-refractivity contribution is 0.0989. The number of furan rings is 1. The van der Waals surface area contributed by atoms with Gasteiger partial charge < -0.3 is 4.42 Å². The van der Waals surface area contributed by atoms with Crippen molar-refractivity contribution in [3.63, 3.8) is 0 Å². The summed E-state index contributed by atoms with van der Waals surface area (Å²) >= 11 is 0. The predicted octanol–water partition coefficient (Wildman–Crippen LogP) is 3.49. The van der Waals surface area contributed by atoms with Gasteiger partial charge in [-0.3, -0.25) is 4.79 Å². The molecule has 3 nitrogen and oxygen atoms in total. The molecule has 0 radical (unpaired) electrons. The van der Waals surface area contributed by atoms with Gasteiger partial charge in [-0.05, 0) is 24.6 Å². The van der Waals surface area contributed by atoms with Crippen LogP contribution in [0.3, 0.4) is 0 Å². The van der Waals surface area contributed by atoms with Gasteiger partial charge in [0.1, 0.15) is 0 Å². The summed E-state index contributed by atoms with van der Waals surface area (Å²) in [5.41, 5.74) is 2.55. The molecule has 0 spiro atoms. The van der Waals surface area contributed by atoms with Crippen LogP contribution in [0.2, 0.25) is 0 Å². The van der Waals surface area contributed by atoms with E-state index in [1.165, 1.54) is 6.92 Å². The SMILES string of the molecule is CC(=O)c1cc2cc3cccc(C)c3nc2o1. The lowest BCUT2D eigenvalue weighted by Gasteiger charge is -1.99. The number of Topliss-reactive ketones (excluding diaryl/α,β-unsaturated/α-hetero) is 1. The van der Waals surface area contributed by atoms with Crippen LogP contribution in [0.4, 0.5) is 0 Å². The van der Waals surface area contributed by atoms with E-state index >= 15 is 0 Å². The molecule has 0 fully saturated rings. The molecule has 0 bridgehead atoms. The lowest BCUT2D eigenvalue weighted by Crippen LogP contribution is -1.85. The predicted molar refractivity (Wildman–Crippen MR) is 66.3 cm³/mol. The molecular formula is C14H11NO2. The van der Waals surface area contributed by atoms with Crippen molar-refractivity contribution in [1.82, 2.24) is 4.98 Å². The molecule has 84 valence electrons. The minimum atomic E-state index is -0.0798. The summed E-state index contributed by atoms with van der Waals surface area (Å²) in [6, 6.07) is 9.76. The summed E-state index contributed by atoms with van der Waals surface area (Å²) < 4.78 is 5.43.